The summed E-state index contributed by atoms with van der Waals surface area (Å²) in [5, 5.41) is 28.4. The van der Waals surface area contributed by atoms with Crippen LogP contribution in [0.1, 0.15) is 13.8 Å². The molecule has 0 aromatic rings. The van der Waals surface area contributed by atoms with Crippen molar-refractivity contribution in [2.45, 2.75) is 13.8 Å². The molecular weight excluding hydrogens is 182 g/mol. The number of nitrogens with one attached hydrogen (secondary N) is 1. The number of aliphatic hydroxyl groups is 1. The molecule has 2 N–H and O–H groups in total. The molecule has 5 nitrogen and oxygen atoms in total. The first kappa shape index (κ1) is 12.4. The van der Waals surface area contributed by atoms with Crippen LogP contribution in [0, 0.1) is 34.0 Å². The van der Waals surface area contributed by atoms with Gasteiger partial charge in [-0.25, -0.2) is 0 Å². The van der Waals surface area contributed by atoms with Crippen molar-refractivity contribution in [2.75, 3.05) is 13.2 Å². The van der Waals surface area contributed by atoms with Gasteiger partial charge in [0.05, 0.1) is 18.7 Å². The molecule has 5 heteroatoms. The van der Waals surface area contributed by atoms with Gasteiger partial charge in [-0.2, -0.15) is 10.5 Å². The second kappa shape index (κ2) is 5.21. The summed E-state index contributed by atoms with van der Waals surface area (Å²) in [5.74, 6) is -1.04. The maximum Gasteiger partial charge on any atom is 0.255 e. The second-order valence-corrected chi connectivity index (χ2v) is 3.17. The van der Waals surface area contributed by atoms with Gasteiger partial charge in [-0.3, -0.25) is 4.79 Å². The van der Waals surface area contributed by atoms with Gasteiger partial charge in [0.25, 0.3) is 5.91 Å². The van der Waals surface area contributed by atoms with Crippen molar-refractivity contribution < 1.29 is 9.90 Å². The second-order valence-electron chi connectivity index (χ2n) is 3.17. The molecule has 0 fully saturated rings. The third-order valence-electron chi connectivity index (χ3n) is 1.97. The third kappa shape index (κ3) is 2.21. The van der Waals surface area contributed by atoms with Crippen molar-refractivity contribution in [3.8, 4) is 12.1 Å². The molecule has 0 aromatic heterocycles. The molecule has 1 amide bonds. The van der Waals surface area contributed by atoms with Crippen molar-refractivity contribution >= 4 is 5.91 Å². The summed E-state index contributed by atoms with van der Waals surface area (Å²) in [5.41, 5.74) is -1.66. The summed E-state index contributed by atoms with van der Waals surface area (Å²) < 4.78 is 0. The molecule has 14 heavy (non-hydrogen) atoms. The molecule has 0 aliphatic heterocycles. The minimum absolute atomic E-state index is 0.0522. The quantitative estimate of drug-likeness (QED) is 0.648. The number of hydrogen-bond acceptors (Lipinski definition) is 4. The van der Waals surface area contributed by atoms with Gasteiger partial charge in [-0.15, -0.1) is 0 Å². The van der Waals surface area contributed by atoms with E-state index in [0.29, 0.717) is 0 Å². The Balaban J connectivity index is 4.78. The van der Waals surface area contributed by atoms with Crippen molar-refractivity contribution in [1.82, 2.24) is 5.32 Å². The zero-order valence-electron chi connectivity index (χ0n) is 8.24. The predicted molar refractivity (Wildman–Crippen MR) is 48.6 cm³/mol. The number of carbonyl (C=O) groups excluding carboxylic acids is 1. The number of aliphatic hydroxyl groups excluding tert-OH is 1. The van der Waals surface area contributed by atoms with E-state index in [-0.39, 0.29) is 13.2 Å². The van der Waals surface area contributed by atoms with E-state index in [1.54, 1.807) is 26.0 Å². The van der Waals surface area contributed by atoms with E-state index in [0.717, 1.165) is 0 Å². The van der Waals surface area contributed by atoms with Crippen molar-refractivity contribution in [3.63, 3.8) is 0 Å². The first-order chi connectivity index (χ1) is 6.55. The molecular formula is C9H13N3O2. The Hall–Kier alpha value is -1.59. The topological polar surface area (TPSA) is 96.9 Å². The maximum absolute atomic E-state index is 11.5. The highest BCUT2D eigenvalue weighted by Gasteiger charge is 2.42. The molecule has 0 spiro atoms. The van der Waals surface area contributed by atoms with Gasteiger partial charge in [-0.1, -0.05) is 13.8 Å². The molecule has 76 valence electrons. The number of amides is 1. The van der Waals surface area contributed by atoms with Gasteiger partial charge in [0.15, 0.2) is 0 Å². The maximum atomic E-state index is 11.5. The van der Waals surface area contributed by atoms with Gasteiger partial charge in [0.2, 0.25) is 5.41 Å². The zero-order valence-corrected chi connectivity index (χ0v) is 8.24. The van der Waals surface area contributed by atoms with E-state index in [9.17, 15) is 4.79 Å². The molecule has 0 radical (unpaired) electrons. The van der Waals surface area contributed by atoms with Crippen LogP contribution in [0.4, 0.5) is 0 Å². The Bertz CT molecular complexity index is 271. The average Bonchev–Trinajstić information content (AvgIpc) is 2.17. The molecule has 0 aliphatic carbocycles. The van der Waals surface area contributed by atoms with Gasteiger partial charge in [0.1, 0.15) is 0 Å². The zero-order chi connectivity index (χ0) is 11.2. The highest BCUT2D eigenvalue weighted by Crippen LogP contribution is 2.25. The fourth-order valence-corrected chi connectivity index (χ4v) is 0.956. The van der Waals surface area contributed by atoms with Gasteiger partial charge >= 0.3 is 0 Å². The third-order valence-corrected chi connectivity index (χ3v) is 1.97. The van der Waals surface area contributed by atoms with Gasteiger partial charge < -0.3 is 10.4 Å². The number of nitrogens with zero attached hydrogens (tertiary/aromatic N) is 2. The van der Waals surface area contributed by atoms with Crippen LogP contribution in [0.3, 0.4) is 0 Å². The summed E-state index contributed by atoms with van der Waals surface area (Å²) in [6.07, 6.45) is 0. The van der Waals surface area contributed by atoms with Gasteiger partial charge in [-0.05, 0) is 5.92 Å². The molecule has 0 aliphatic rings. The number of nitriles is 2. The van der Waals surface area contributed by atoms with Crippen molar-refractivity contribution in [3.05, 3.63) is 0 Å². The first-order valence-electron chi connectivity index (χ1n) is 4.26. The van der Waals surface area contributed by atoms with Crippen LogP contribution < -0.4 is 5.32 Å². The van der Waals surface area contributed by atoms with E-state index >= 15 is 0 Å². The minimum Gasteiger partial charge on any atom is -0.395 e. The molecule has 0 rings (SSSR count). The SMILES string of the molecule is CC(C)C(C#N)(C#N)C(=O)NCCO. The predicted octanol–water partition coefficient (Wildman–Crippen LogP) is -0.216. The Labute approximate surface area is 82.9 Å². The minimum atomic E-state index is -1.66. The van der Waals surface area contributed by atoms with Crippen molar-refractivity contribution in [1.29, 1.82) is 10.5 Å². The molecule has 0 saturated heterocycles. The lowest BCUT2D eigenvalue weighted by Crippen LogP contribution is -2.43. The summed E-state index contributed by atoms with van der Waals surface area (Å²) in [6.45, 7) is 3.10. The van der Waals surface area contributed by atoms with E-state index in [1.807, 2.05) is 0 Å². The van der Waals surface area contributed by atoms with E-state index < -0.39 is 17.2 Å². The van der Waals surface area contributed by atoms with Crippen LogP contribution in [0.2, 0.25) is 0 Å². The fraction of sp³-hybridized carbons (Fsp3) is 0.667. The lowest BCUT2D eigenvalue weighted by Gasteiger charge is -2.21. The highest BCUT2D eigenvalue weighted by atomic mass is 16.3. The van der Waals surface area contributed by atoms with Crippen LogP contribution >= 0.6 is 0 Å². The summed E-state index contributed by atoms with van der Waals surface area (Å²) in [4.78, 5) is 11.5. The van der Waals surface area contributed by atoms with Gasteiger partial charge in [0, 0.05) is 6.54 Å². The fourth-order valence-electron chi connectivity index (χ4n) is 0.956. The molecule has 0 bridgehead atoms. The van der Waals surface area contributed by atoms with Crippen LogP contribution in [-0.4, -0.2) is 24.2 Å². The number of hydrogen-bond donors (Lipinski definition) is 2. The molecule has 0 aromatic carbocycles. The standard InChI is InChI=1S/C9H13N3O2/c1-7(2)9(5-10,6-11)8(14)12-3-4-13/h7,13H,3-4H2,1-2H3,(H,12,14). The lowest BCUT2D eigenvalue weighted by molar-refractivity contribution is -0.127. The first-order valence-corrected chi connectivity index (χ1v) is 4.26. The van der Waals surface area contributed by atoms with Crippen molar-refractivity contribution in [2.24, 2.45) is 11.3 Å². The van der Waals surface area contributed by atoms with Crippen LogP contribution in [0.5, 0.6) is 0 Å². The average molecular weight is 195 g/mol. The Kier molecular flexibility index (Phi) is 4.62. The molecule has 0 heterocycles. The Morgan fingerprint density at radius 2 is 2.00 bits per heavy atom. The van der Waals surface area contributed by atoms with Crippen LogP contribution in [-0.2, 0) is 4.79 Å². The Morgan fingerprint density at radius 1 is 1.50 bits per heavy atom. The van der Waals surface area contributed by atoms with E-state index in [1.165, 1.54) is 0 Å². The largest absolute Gasteiger partial charge is 0.395 e. The number of rotatable bonds is 4. The smallest absolute Gasteiger partial charge is 0.255 e. The molecule has 0 unspecified atom stereocenters. The molecule has 0 atom stereocenters. The summed E-state index contributed by atoms with van der Waals surface area (Å²) in [6, 6.07) is 3.44. The van der Waals surface area contributed by atoms with E-state index in [4.69, 9.17) is 15.6 Å². The van der Waals surface area contributed by atoms with Crippen LogP contribution in [0.15, 0.2) is 0 Å². The lowest BCUT2D eigenvalue weighted by atomic mass is 9.79. The molecule has 0 saturated carbocycles. The monoisotopic (exact) mass is 195 g/mol. The highest BCUT2D eigenvalue weighted by molar-refractivity contribution is 5.88. The van der Waals surface area contributed by atoms with Crippen LogP contribution in [0.25, 0.3) is 0 Å². The number of carbonyl (C=O) groups is 1. The summed E-state index contributed by atoms with van der Waals surface area (Å²) in [7, 11) is 0. The van der Waals surface area contributed by atoms with E-state index in [2.05, 4.69) is 5.32 Å². The normalized spacial score (nSPS) is 10.4. The Morgan fingerprint density at radius 3 is 2.29 bits per heavy atom. The summed E-state index contributed by atoms with van der Waals surface area (Å²) >= 11 is 0.